The number of carbonyl (C=O) groups is 2. The summed E-state index contributed by atoms with van der Waals surface area (Å²) in [5.41, 5.74) is 3.48. The van der Waals surface area contributed by atoms with Crippen molar-refractivity contribution in [3.8, 4) is 0 Å². The summed E-state index contributed by atoms with van der Waals surface area (Å²) in [5, 5.41) is 2.88. The fourth-order valence-electron chi connectivity index (χ4n) is 3.52. The summed E-state index contributed by atoms with van der Waals surface area (Å²) >= 11 is 0. The molecule has 1 N–H and O–H groups in total. The summed E-state index contributed by atoms with van der Waals surface area (Å²) in [7, 11) is 0. The minimum absolute atomic E-state index is 0.0451. The first-order chi connectivity index (χ1) is 15.2. The van der Waals surface area contributed by atoms with Crippen LogP contribution in [0.2, 0.25) is 0 Å². The van der Waals surface area contributed by atoms with Gasteiger partial charge in [0.15, 0.2) is 0 Å². The van der Waals surface area contributed by atoms with E-state index in [1.165, 1.54) is 6.08 Å². The van der Waals surface area contributed by atoms with Gasteiger partial charge in [-0.05, 0) is 48.0 Å². The van der Waals surface area contributed by atoms with Gasteiger partial charge in [0, 0.05) is 61.6 Å². The molecule has 156 valence electrons. The fraction of sp³-hybridized carbons (Fsp3) is 0.160. The van der Waals surface area contributed by atoms with Gasteiger partial charge in [-0.1, -0.05) is 30.3 Å². The average molecular weight is 412 g/mol. The van der Waals surface area contributed by atoms with Crippen LogP contribution in [0.25, 0.3) is 6.08 Å². The minimum atomic E-state index is -0.167. The standard InChI is InChI=1S/C25H24N4O2/c30-24(11-6-20-4-2-1-3-5-20)27-22-7-9-23(10-8-22)28-16-18-29(19-17-28)25(31)21-12-14-26-15-13-21/h1-15H,16-19H2,(H,27,30)/b11-6+. The van der Waals surface area contributed by atoms with Crippen LogP contribution in [0.15, 0.2) is 85.2 Å². The predicted molar refractivity (Wildman–Crippen MR) is 123 cm³/mol. The Morgan fingerprint density at radius 1 is 0.839 bits per heavy atom. The molecule has 2 aromatic carbocycles. The molecule has 2 amide bonds. The van der Waals surface area contributed by atoms with Gasteiger partial charge in [0.1, 0.15) is 0 Å². The highest BCUT2D eigenvalue weighted by molar-refractivity contribution is 6.02. The van der Waals surface area contributed by atoms with E-state index >= 15 is 0 Å². The van der Waals surface area contributed by atoms with Crippen molar-refractivity contribution in [2.45, 2.75) is 0 Å². The first-order valence-electron chi connectivity index (χ1n) is 10.3. The Labute approximate surface area is 181 Å². The highest BCUT2D eigenvalue weighted by atomic mass is 16.2. The Kier molecular flexibility index (Phi) is 6.38. The van der Waals surface area contributed by atoms with E-state index in [0.29, 0.717) is 18.7 Å². The Balaban J connectivity index is 1.29. The van der Waals surface area contributed by atoms with Crippen LogP contribution in [-0.2, 0) is 4.79 Å². The molecule has 0 unspecified atom stereocenters. The van der Waals surface area contributed by atoms with Crippen LogP contribution in [0.3, 0.4) is 0 Å². The smallest absolute Gasteiger partial charge is 0.254 e. The van der Waals surface area contributed by atoms with Crippen molar-refractivity contribution in [2.24, 2.45) is 0 Å². The molecule has 1 aliphatic heterocycles. The van der Waals surface area contributed by atoms with Gasteiger partial charge in [0.2, 0.25) is 5.91 Å². The SMILES string of the molecule is O=C(/C=C/c1ccccc1)Nc1ccc(N2CCN(C(=O)c3ccncc3)CC2)cc1. The molecule has 4 rings (SSSR count). The third-order valence-electron chi connectivity index (χ3n) is 5.22. The Bertz CT molecular complexity index is 1040. The summed E-state index contributed by atoms with van der Waals surface area (Å²) in [4.78, 5) is 32.8. The number of pyridine rings is 1. The second-order valence-electron chi connectivity index (χ2n) is 7.30. The van der Waals surface area contributed by atoms with Crippen molar-refractivity contribution in [3.05, 3.63) is 96.3 Å². The number of nitrogens with zero attached hydrogens (tertiary/aromatic N) is 3. The lowest BCUT2D eigenvalue weighted by Crippen LogP contribution is -2.48. The second kappa shape index (κ2) is 9.71. The number of rotatable bonds is 5. The molecule has 6 heteroatoms. The van der Waals surface area contributed by atoms with Crippen molar-refractivity contribution < 1.29 is 9.59 Å². The lowest BCUT2D eigenvalue weighted by molar-refractivity contribution is -0.111. The molecule has 6 nitrogen and oxygen atoms in total. The van der Waals surface area contributed by atoms with Gasteiger partial charge >= 0.3 is 0 Å². The van der Waals surface area contributed by atoms with Crippen molar-refractivity contribution in [3.63, 3.8) is 0 Å². The number of amides is 2. The minimum Gasteiger partial charge on any atom is -0.368 e. The topological polar surface area (TPSA) is 65.5 Å². The molecule has 1 aliphatic rings. The quantitative estimate of drug-likeness (QED) is 0.649. The molecular weight excluding hydrogens is 388 g/mol. The normalized spacial score (nSPS) is 13.9. The second-order valence-corrected chi connectivity index (χ2v) is 7.30. The third kappa shape index (κ3) is 5.36. The number of hydrogen-bond acceptors (Lipinski definition) is 4. The molecule has 0 spiro atoms. The van der Waals surface area contributed by atoms with Crippen molar-refractivity contribution in [1.29, 1.82) is 0 Å². The van der Waals surface area contributed by atoms with E-state index in [9.17, 15) is 9.59 Å². The molecule has 0 atom stereocenters. The van der Waals surface area contributed by atoms with Crippen molar-refractivity contribution >= 4 is 29.3 Å². The van der Waals surface area contributed by atoms with E-state index in [2.05, 4.69) is 15.2 Å². The van der Waals surface area contributed by atoms with Crippen LogP contribution in [0.4, 0.5) is 11.4 Å². The largest absolute Gasteiger partial charge is 0.368 e. The molecule has 0 saturated carbocycles. The maximum Gasteiger partial charge on any atom is 0.254 e. The number of nitrogens with one attached hydrogen (secondary N) is 1. The predicted octanol–water partition coefficient (Wildman–Crippen LogP) is 3.70. The summed E-state index contributed by atoms with van der Waals surface area (Å²) in [6, 6.07) is 21.0. The van der Waals surface area contributed by atoms with Crippen molar-refractivity contribution in [2.75, 3.05) is 36.4 Å². The fourth-order valence-corrected chi connectivity index (χ4v) is 3.52. The van der Waals surface area contributed by atoms with Crippen LogP contribution >= 0.6 is 0 Å². The third-order valence-corrected chi connectivity index (χ3v) is 5.22. The van der Waals surface area contributed by atoms with Gasteiger partial charge in [0.05, 0.1) is 0 Å². The number of benzene rings is 2. The molecule has 1 aromatic heterocycles. The summed E-state index contributed by atoms with van der Waals surface area (Å²) < 4.78 is 0. The molecule has 1 saturated heterocycles. The van der Waals surface area contributed by atoms with Crippen LogP contribution in [0.5, 0.6) is 0 Å². The van der Waals surface area contributed by atoms with Gasteiger partial charge in [0.25, 0.3) is 5.91 Å². The molecule has 0 aliphatic carbocycles. The zero-order chi connectivity index (χ0) is 21.5. The number of piperazine rings is 1. The van der Waals surface area contributed by atoms with E-state index in [4.69, 9.17) is 0 Å². The molecule has 3 aromatic rings. The zero-order valence-electron chi connectivity index (χ0n) is 17.1. The van der Waals surface area contributed by atoms with Crippen LogP contribution in [-0.4, -0.2) is 47.9 Å². The van der Waals surface area contributed by atoms with Crippen molar-refractivity contribution in [1.82, 2.24) is 9.88 Å². The summed E-state index contributed by atoms with van der Waals surface area (Å²) in [5.74, 6) is -0.122. The lowest BCUT2D eigenvalue weighted by atomic mass is 10.2. The highest BCUT2D eigenvalue weighted by Crippen LogP contribution is 2.20. The van der Waals surface area contributed by atoms with Gasteiger partial charge < -0.3 is 15.1 Å². The molecule has 31 heavy (non-hydrogen) atoms. The Morgan fingerprint density at radius 2 is 1.52 bits per heavy atom. The van der Waals surface area contributed by atoms with Crippen LogP contribution < -0.4 is 10.2 Å². The van der Waals surface area contributed by atoms with E-state index in [1.54, 1.807) is 30.6 Å². The van der Waals surface area contributed by atoms with E-state index in [-0.39, 0.29) is 11.8 Å². The van der Waals surface area contributed by atoms with Crippen LogP contribution in [0.1, 0.15) is 15.9 Å². The van der Waals surface area contributed by atoms with Gasteiger partial charge in [-0.3, -0.25) is 14.6 Å². The van der Waals surface area contributed by atoms with Gasteiger partial charge in [-0.15, -0.1) is 0 Å². The Morgan fingerprint density at radius 3 is 2.19 bits per heavy atom. The van der Waals surface area contributed by atoms with Gasteiger partial charge in [-0.25, -0.2) is 0 Å². The zero-order valence-corrected chi connectivity index (χ0v) is 17.1. The van der Waals surface area contributed by atoms with Crippen LogP contribution in [0, 0.1) is 0 Å². The monoisotopic (exact) mass is 412 g/mol. The maximum absolute atomic E-state index is 12.6. The van der Waals surface area contributed by atoms with Gasteiger partial charge in [-0.2, -0.15) is 0 Å². The summed E-state index contributed by atoms with van der Waals surface area (Å²) in [6.07, 6.45) is 6.60. The number of anilines is 2. The first kappa shape index (κ1) is 20.3. The highest BCUT2D eigenvalue weighted by Gasteiger charge is 2.22. The Hall–Kier alpha value is -3.93. The van der Waals surface area contributed by atoms with E-state index in [1.807, 2.05) is 59.5 Å². The molecule has 2 heterocycles. The molecule has 0 bridgehead atoms. The van der Waals surface area contributed by atoms with E-state index in [0.717, 1.165) is 30.0 Å². The number of carbonyl (C=O) groups excluding carboxylic acids is 2. The molecule has 0 radical (unpaired) electrons. The first-order valence-corrected chi connectivity index (χ1v) is 10.3. The number of hydrogen-bond donors (Lipinski definition) is 1. The number of aromatic nitrogens is 1. The summed E-state index contributed by atoms with van der Waals surface area (Å²) in [6.45, 7) is 2.87. The lowest BCUT2D eigenvalue weighted by Gasteiger charge is -2.36. The average Bonchev–Trinajstić information content (AvgIpc) is 2.84. The maximum atomic E-state index is 12.6. The molecular formula is C25H24N4O2. The molecule has 1 fully saturated rings. The van der Waals surface area contributed by atoms with E-state index < -0.39 is 0 Å².